The first-order valence-corrected chi connectivity index (χ1v) is 9.39. The second-order valence-electron chi connectivity index (χ2n) is 7.07. The zero-order valence-corrected chi connectivity index (χ0v) is 16.3. The maximum atomic E-state index is 9.78. The smallest absolute Gasteiger partial charge is 0.244 e. The topological polar surface area (TPSA) is 87.7 Å². The molecule has 0 aliphatic carbocycles. The van der Waals surface area contributed by atoms with Crippen molar-refractivity contribution >= 4 is 11.6 Å². The molecular weight excluding hydrogens is 372 g/mol. The highest BCUT2D eigenvalue weighted by Gasteiger charge is 2.35. The SMILES string of the molecule is CC(C)c1ccc(C2C(C#N)=C(N)Oc3n[nH]c(-c4ccc(Cl)cc4)c32)cc1. The van der Waals surface area contributed by atoms with Crippen LogP contribution in [-0.4, -0.2) is 10.2 Å². The number of nitriles is 1. The van der Waals surface area contributed by atoms with Crippen molar-refractivity contribution in [2.45, 2.75) is 25.7 Å². The lowest BCUT2D eigenvalue weighted by molar-refractivity contribution is 0.379. The Kier molecular flexibility index (Phi) is 4.58. The van der Waals surface area contributed by atoms with Crippen LogP contribution in [0.15, 0.2) is 60.0 Å². The van der Waals surface area contributed by atoms with Crippen molar-refractivity contribution in [3.8, 4) is 23.2 Å². The molecule has 5 nitrogen and oxygen atoms in total. The highest BCUT2D eigenvalue weighted by molar-refractivity contribution is 6.30. The van der Waals surface area contributed by atoms with Gasteiger partial charge in [-0.2, -0.15) is 5.26 Å². The summed E-state index contributed by atoms with van der Waals surface area (Å²) in [4.78, 5) is 0. The molecule has 1 aliphatic rings. The van der Waals surface area contributed by atoms with E-state index in [1.54, 1.807) is 0 Å². The average molecular weight is 391 g/mol. The molecule has 2 aromatic carbocycles. The van der Waals surface area contributed by atoms with Gasteiger partial charge in [-0.05, 0) is 29.2 Å². The van der Waals surface area contributed by atoms with Crippen molar-refractivity contribution in [1.29, 1.82) is 5.26 Å². The zero-order chi connectivity index (χ0) is 19.8. The maximum absolute atomic E-state index is 9.78. The Morgan fingerprint density at radius 2 is 1.82 bits per heavy atom. The Balaban J connectivity index is 1.89. The first-order chi connectivity index (χ1) is 13.5. The molecule has 4 rings (SSSR count). The van der Waals surface area contributed by atoms with Crippen molar-refractivity contribution < 1.29 is 4.74 Å². The van der Waals surface area contributed by atoms with Gasteiger partial charge in [-0.25, -0.2) is 0 Å². The molecule has 6 heteroatoms. The van der Waals surface area contributed by atoms with E-state index in [9.17, 15) is 5.26 Å². The first kappa shape index (κ1) is 18.1. The third-order valence-corrected chi connectivity index (χ3v) is 5.26. The Labute approximate surface area is 168 Å². The number of rotatable bonds is 3. The van der Waals surface area contributed by atoms with Gasteiger partial charge in [0.25, 0.3) is 0 Å². The van der Waals surface area contributed by atoms with E-state index >= 15 is 0 Å². The van der Waals surface area contributed by atoms with Gasteiger partial charge in [0.2, 0.25) is 11.8 Å². The normalized spacial score (nSPS) is 15.9. The molecule has 0 radical (unpaired) electrons. The summed E-state index contributed by atoms with van der Waals surface area (Å²) in [6.07, 6.45) is 0. The average Bonchev–Trinajstić information content (AvgIpc) is 3.10. The summed E-state index contributed by atoms with van der Waals surface area (Å²) in [5, 5.41) is 17.8. The van der Waals surface area contributed by atoms with E-state index in [0.717, 1.165) is 22.4 Å². The van der Waals surface area contributed by atoms with Crippen LogP contribution in [-0.2, 0) is 0 Å². The number of ether oxygens (including phenoxy) is 1. The summed E-state index contributed by atoms with van der Waals surface area (Å²) >= 11 is 6.03. The van der Waals surface area contributed by atoms with E-state index in [1.165, 1.54) is 5.56 Å². The first-order valence-electron chi connectivity index (χ1n) is 9.01. The fourth-order valence-electron chi connectivity index (χ4n) is 3.49. The standard InChI is InChI=1S/C22H19ClN4O/c1-12(2)13-3-5-14(6-4-13)18-17(11-24)21(25)28-22-19(18)20(26-27-22)15-7-9-16(23)10-8-15/h3-10,12,18H,25H2,1-2H3,(H,26,27). The summed E-state index contributed by atoms with van der Waals surface area (Å²) in [6, 6.07) is 17.9. The number of hydrogen-bond acceptors (Lipinski definition) is 4. The molecule has 1 aliphatic heterocycles. The van der Waals surface area contributed by atoms with E-state index in [4.69, 9.17) is 22.1 Å². The summed E-state index contributed by atoms with van der Waals surface area (Å²) < 4.78 is 5.64. The van der Waals surface area contributed by atoms with Gasteiger partial charge in [-0.15, -0.1) is 5.10 Å². The Morgan fingerprint density at radius 3 is 2.43 bits per heavy atom. The quantitative estimate of drug-likeness (QED) is 0.653. The van der Waals surface area contributed by atoms with Crippen molar-refractivity contribution in [1.82, 2.24) is 10.2 Å². The Morgan fingerprint density at radius 1 is 1.14 bits per heavy atom. The van der Waals surface area contributed by atoms with Crippen LogP contribution in [0.1, 0.15) is 42.4 Å². The second-order valence-corrected chi connectivity index (χ2v) is 7.51. The molecule has 140 valence electrons. The van der Waals surface area contributed by atoms with E-state index < -0.39 is 0 Å². The number of aromatic nitrogens is 2. The molecule has 0 amide bonds. The molecule has 0 saturated carbocycles. The molecule has 1 atom stereocenters. The lowest BCUT2D eigenvalue weighted by Gasteiger charge is -2.24. The van der Waals surface area contributed by atoms with Crippen molar-refractivity contribution in [2.75, 3.05) is 0 Å². The molecule has 0 spiro atoms. The van der Waals surface area contributed by atoms with Gasteiger partial charge >= 0.3 is 0 Å². The Bertz CT molecular complexity index is 1090. The number of H-pyrrole nitrogens is 1. The van der Waals surface area contributed by atoms with E-state index in [1.807, 2.05) is 36.4 Å². The largest absolute Gasteiger partial charge is 0.420 e. The van der Waals surface area contributed by atoms with E-state index in [2.05, 4.69) is 42.2 Å². The zero-order valence-electron chi connectivity index (χ0n) is 15.5. The fourth-order valence-corrected chi connectivity index (χ4v) is 3.61. The number of allylic oxidation sites excluding steroid dienone is 1. The van der Waals surface area contributed by atoms with E-state index in [0.29, 0.717) is 22.4 Å². The number of nitrogens with zero attached hydrogens (tertiary/aromatic N) is 2. The molecule has 2 heterocycles. The van der Waals surface area contributed by atoms with Crippen molar-refractivity contribution in [2.24, 2.45) is 5.73 Å². The highest BCUT2D eigenvalue weighted by Crippen LogP contribution is 2.45. The molecule has 0 fully saturated rings. The summed E-state index contributed by atoms with van der Waals surface area (Å²) in [6.45, 7) is 4.30. The van der Waals surface area contributed by atoms with Crippen LogP contribution in [0.5, 0.6) is 5.88 Å². The number of nitrogens with two attached hydrogens (primary N) is 1. The second kappa shape index (κ2) is 7.06. The van der Waals surface area contributed by atoms with Crippen LogP contribution in [0.2, 0.25) is 5.02 Å². The fraction of sp³-hybridized carbons (Fsp3) is 0.182. The van der Waals surface area contributed by atoms with Crippen LogP contribution >= 0.6 is 11.6 Å². The minimum atomic E-state index is -0.362. The van der Waals surface area contributed by atoms with E-state index in [-0.39, 0.29) is 11.8 Å². The van der Waals surface area contributed by atoms with Gasteiger partial charge in [0, 0.05) is 10.6 Å². The molecular formula is C22H19ClN4O. The van der Waals surface area contributed by atoms with Gasteiger partial charge in [-0.1, -0.05) is 61.8 Å². The minimum Gasteiger partial charge on any atom is -0.420 e. The third kappa shape index (κ3) is 3.02. The molecule has 1 unspecified atom stereocenters. The van der Waals surface area contributed by atoms with Crippen LogP contribution < -0.4 is 10.5 Å². The number of hydrogen-bond donors (Lipinski definition) is 2. The van der Waals surface area contributed by atoms with Crippen LogP contribution in [0.25, 0.3) is 11.3 Å². The number of halogens is 1. The van der Waals surface area contributed by atoms with Gasteiger partial charge in [0.15, 0.2) is 0 Å². The third-order valence-electron chi connectivity index (χ3n) is 5.01. The molecule has 28 heavy (non-hydrogen) atoms. The predicted octanol–water partition coefficient (Wildman–Crippen LogP) is 5.07. The van der Waals surface area contributed by atoms with Crippen molar-refractivity contribution in [3.05, 3.63) is 81.7 Å². The number of nitrogens with one attached hydrogen (secondary N) is 1. The highest BCUT2D eigenvalue weighted by atomic mass is 35.5. The van der Waals surface area contributed by atoms with Gasteiger partial charge in [0.1, 0.15) is 11.6 Å². The monoisotopic (exact) mass is 390 g/mol. The van der Waals surface area contributed by atoms with Crippen LogP contribution in [0.4, 0.5) is 0 Å². The minimum absolute atomic E-state index is 0.0853. The van der Waals surface area contributed by atoms with Crippen LogP contribution in [0.3, 0.4) is 0 Å². The Hall–Kier alpha value is -3.23. The molecule has 3 aromatic rings. The summed E-state index contributed by atoms with van der Waals surface area (Å²) in [5.41, 5.74) is 11.1. The van der Waals surface area contributed by atoms with Crippen LogP contribution in [0, 0.1) is 11.3 Å². The number of benzene rings is 2. The molecule has 1 aromatic heterocycles. The lowest BCUT2D eigenvalue weighted by Crippen LogP contribution is -2.21. The molecule has 0 bridgehead atoms. The maximum Gasteiger partial charge on any atom is 0.244 e. The number of aromatic amines is 1. The number of fused-ring (bicyclic) bond motifs is 1. The van der Waals surface area contributed by atoms with Gasteiger partial charge in [-0.3, -0.25) is 5.10 Å². The predicted molar refractivity (Wildman–Crippen MR) is 109 cm³/mol. The van der Waals surface area contributed by atoms with Crippen molar-refractivity contribution in [3.63, 3.8) is 0 Å². The molecule has 0 saturated heterocycles. The molecule has 3 N–H and O–H groups in total. The van der Waals surface area contributed by atoms with Gasteiger partial charge in [0.05, 0.1) is 17.2 Å². The lowest BCUT2D eigenvalue weighted by atomic mass is 9.82. The summed E-state index contributed by atoms with van der Waals surface area (Å²) in [5.74, 6) is 0.537. The summed E-state index contributed by atoms with van der Waals surface area (Å²) in [7, 11) is 0. The van der Waals surface area contributed by atoms with Gasteiger partial charge < -0.3 is 10.5 Å².